The van der Waals surface area contributed by atoms with Gasteiger partial charge in [0.2, 0.25) is 4.96 Å². The second-order valence-corrected chi connectivity index (χ2v) is 6.78. The summed E-state index contributed by atoms with van der Waals surface area (Å²) < 4.78 is 13.1. The van der Waals surface area contributed by atoms with Gasteiger partial charge in [0.1, 0.15) is 0 Å². The van der Waals surface area contributed by atoms with Crippen LogP contribution in [-0.4, -0.2) is 28.3 Å². The smallest absolute Gasteiger partial charge is 0.276 e. The highest BCUT2D eigenvalue weighted by Gasteiger charge is 2.14. The first-order valence-electron chi connectivity index (χ1n) is 8.47. The lowest BCUT2D eigenvalue weighted by atomic mass is 10.2. The number of thiazole rings is 1. The Kier molecular flexibility index (Phi) is 4.60. The van der Waals surface area contributed by atoms with Crippen molar-refractivity contribution in [3.63, 3.8) is 0 Å². The number of fused-ring (bicyclic) bond motifs is 1. The molecule has 0 N–H and O–H groups in total. The Balaban J connectivity index is 1.82. The molecule has 0 bridgehead atoms. The average molecular weight is 379 g/mol. The quantitative estimate of drug-likeness (QED) is 0.533. The Morgan fingerprint density at radius 2 is 1.93 bits per heavy atom. The van der Waals surface area contributed by atoms with Gasteiger partial charge in [-0.3, -0.25) is 4.79 Å². The van der Waals surface area contributed by atoms with Gasteiger partial charge >= 0.3 is 0 Å². The molecular weight excluding hydrogens is 362 g/mol. The van der Waals surface area contributed by atoms with E-state index in [1.165, 1.54) is 11.3 Å². The van der Waals surface area contributed by atoms with E-state index >= 15 is 0 Å². The van der Waals surface area contributed by atoms with Gasteiger partial charge in [-0.05, 0) is 30.7 Å². The zero-order valence-electron chi connectivity index (χ0n) is 14.9. The number of rotatable bonds is 5. The fourth-order valence-electron chi connectivity index (χ4n) is 2.84. The normalized spacial score (nSPS) is 11.9. The third-order valence-corrected chi connectivity index (χ3v) is 5.02. The van der Waals surface area contributed by atoms with E-state index in [2.05, 4.69) is 10.2 Å². The summed E-state index contributed by atoms with van der Waals surface area (Å²) in [6, 6.07) is 15.1. The van der Waals surface area contributed by atoms with Gasteiger partial charge in [-0.25, -0.2) is 4.40 Å². The van der Waals surface area contributed by atoms with Crippen molar-refractivity contribution < 1.29 is 9.47 Å². The summed E-state index contributed by atoms with van der Waals surface area (Å²) in [5.74, 6) is 1.86. The molecular formula is C20H17N3O3S. The second-order valence-electron chi connectivity index (χ2n) is 5.77. The highest BCUT2D eigenvalue weighted by atomic mass is 32.1. The van der Waals surface area contributed by atoms with Gasteiger partial charge in [0.25, 0.3) is 5.56 Å². The Labute approximate surface area is 159 Å². The molecule has 2 heterocycles. The van der Waals surface area contributed by atoms with Gasteiger partial charge in [-0.15, -0.1) is 10.2 Å². The molecule has 0 aliphatic heterocycles. The van der Waals surface area contributed by atoms with Crippen LogP contribution in [0.1, 0.15) is 12.5 Å². The summed E-state index contributed by atoms with van der Waals surface area (Å²) in [6.07, 6.45) is 1.83. The maximum absolute atomic E-state index is 12.9. The predicted octanol–water partition coefficient (Wildman–Crippen LogP) is 2.77. The highest BCUT2D eigenvalue weighted by Crippen LogP contribution is 2.28. The monoisotopic (exact) mass is 379 g/mol. The summed E-state index contributed by atoms with van der Waals surface area (Å²) in [4.78, 5) is 13.5. The lowest BCUT2D eigenvalue weighted by Crippen LogP contribution is -2.23. The standard InChI is InChI=1S/C20H17N3O3S/c1-3-26-15-10-9-13(11-16(15)25-2)12-17-19(24)23-18(21-22-20(23)27-17)14-7-5-4-6-8-14/h4-12H,3H2,1-2H3. The molecule has 2 aromatic carbocycles. The maximum atomic E-state index is 12.9. The lowest BCUT2D eigenvalue weighted by molar-refractivity contribution is 0.311. The minimum atomic E-state index is -0.133. The van der Waals surface area contributed by atoms with Crippen LogP contribution in [0.2, 0.25) is 0 Å². The van der Waals surface area contributed by atoms with Crippen LogP contribution in [0.15, 0.2) is 53.3 Å². The molecule has 6 nitrogen and oxygen atoms in total. The fourth-order valence-corrected chi connectivity index (χ4v) is 3.75. The topological polar surface area (TPSA) is 65.7 Å². The summed E-state index contributed by atoms with van der Waals surface area (Å²) in [5, 5.41) is 8.32. The Morgan fingerprint density at radius 3 is 2.67 bits per heavy atom. The summed E-state index contributed by atoms with van der Waals surface area (Å²) in [5.41, 5.74) is 1.58. The van der Waals surface area contributed by atoms with Crippen molar-refractivity contribution in [3.8, 4) is 22.9 Å². The third kappa shape index (κ3) is 3.17. The molecule has 27 heavy (non-hydrogen) atoms. The molecule has 0 spiro atoms. The molecule has 4 rings (SSSR count). The van der Waals surface area contributed by atoms with Gasteiger partial charge in [-0.2, -0.15) is 0 Å². The Morgan fingerprint density at radius 1 is 1.11 bits per heavy atom. The number of hydrogen-bond donors (Lipinski definition) is 0. The summed E-state index contributed by atoms with van der Waals surface area (Å²) in [6.45, 7) is 2.48. The molecule has 0 aliphatic rings. The predicted molar refractivity (Wildman–Crippen MR) is 106 cm³/mol. The molecule has 0 amide bonds. The zero-order valence-corrected chi connectivity index (χ0v) is 15.7. The number of nitrogens with zero attached hydrogens (tertiary/aromatic N) is 3. The summed E-state index contributed by atoms with van der Waals surface area (Å²) in [7, 11) is 1.59. The second kappa shape index (κ2) is 7.20. The van der Waals surface area contributed by atoms with Crippen LogP contribution in [-0.2, 0) is 0 Å². The van der Waals surface area contributed by atoms with Crippen molar-refractivity contribution in [2.75, 3.05) is 13.7 Å². The van der Waals surface area contributed by atoms with Crippen LogP contribution in [0.5, 0.6) is 11.5 Å². The maximum Gasteiger partial charge on any atom is 0.276 e. The van der Waals surface area contributed by atoms with E-state index in [1.54, 1.807) is 11.5 Å². The highest BCUT2D eigenvalue weighted by molar-refractivity contribution is 7.15. The lowest BCUT2D eigenvalue weighted by Gasteiger charge is -2.09. The first kappa shape index (κ1) is 17.2. The van der Waals surface area contributed by atoms with Crippen LogP contribution in [0.3, 0.4) is 0 Å². The largest absolute Gasteiger partial charge is 0.493 e. The van der Waals surface area contributed by atoms with Crippen LogP contribution in [0.4, 0.5) is 0 Å². The molecule has 0 radical (unpaired) electrons. The van der Waals surface area contributed by atoms with E-state index < -0.39 is 0 Å². The number of methoxy groups -OCH3 is 1. The molecule has 7 heteroatoms. The zero-order chi connectivity index (χ0) is 18.8. The van der Waals surface area contributed by atoms with E-state index in [-0.39, 0.29) is 5.56 Å². The molecule has 0 saturated carbocycles. The first-order valence-corrected chi connectivity index (χ1v) is 9.29. The average Bonchev–Trinajstić information content (AvgIpc) is 3.24. The molecule has 136 valence electrons. The van der Waals surface area contributed by atoms with Crippen LogP contribution in [0.25, 0.3) is 22.4 Å². The minimum absolute atomic E-state index is 0.133. The van der Waals surface area contributed by atoms with Gasteiger partial charge in [0, 0.05) is 5.56 Å². The Hall–Kier alpha value is -3.19. The van der Waals surface area contributed by atoms with E-state index in [1.807, 2.05) is 61.5 Å². The molecule has 0 fully saturated rings. The number of aromatic nitrogens is 3. The molecule has 4 aromatic rings. The first-order chi connectivity index (χ1) is 13.2. The number of benzene rings is 2. The molecule has 2 aromatic heterocycles. The van der Waals surface area contributed by atoms with Crippen molar-refractivity contribution >= 4 is 22.4 Å². The molecule has 0 aliphatic carbocycles. The summed E-state index contributed by atoms with van der Waals surface area (Å²) >= 11 is 1.31. The van der Waals surface area contributed by atoms with Gasteiger partial charge in [0.05, 0.1) is 18.2 Å². The van der Waals surface area contributed by atoms with Gasteiger partial charge < -0.3 is 9.47 Å². The molecule has 0 unspecified atom stereocenters. The Bertz CT molecular complexity index is 1200. The van der Waals surface area contributed by atoms with Crippen LogP contribution >= 0.6 is 11.3 Å². The van der Waals surface area contributed by atoms with E-state index in [0.717, 1.165) is 11.1 Å². The van der Waals surface area contributed by atoms with Crippen molar-refractivity contribution in [3.05, 3.63) is 69.0 Å². The van der Waals surface area contributed by atoms with Crippen molar-refractivity contribution in [2.24, 2.45) is 0 Å². The van der Waals surface area contributed by atoms with Gasteiger partial charge in [-0.1, -0.05) is 47.7 Å². The van der Waals surface area contributed by atoms with E-state index in [4.69, 9.17) is 9.47 Å². The van der Waals surface area contributed by atoms with E-state index in [0.29, 0.717) is 33.4 Å². The van der Waals surface area contributed by atoms with Crippen LogP contribution < -0.4 is 19.6 Å². The van der Waals surface area contributed by atoms with Crippen molar-refractivity contribution in [1.29, 1.82) is 0 Å². The SMILES string of the molecule is CCOc1ccc(C=c2sc3nnc(-c4ccccc4)n3c2=O)cc1OC. The van der Waals surface area contributed by atoms with Crippen LogP contribution in [0, 0.1) is 0 Å². The van der Waals surface area contributed by atoms with Gasteiger partial charge in [0.15, 0.2) is 17.3 Å². The fraction of sp³-hybridized carbons (Fsp3) is 0.150. The molecule has 0 saturated heterocycles. The van der Waals surface area contributed by atoms with Crippen molar-refractivity contribution in [1.82, 2.24) is 14.6 Å². The number of ether oxygens (including phenoxy) is 2. The molecule has 0 atom stereocenters. The van der Waals surface area contributed by atoms with E-state index in [9.17, 15) is 4.79 Å². The van der Waals surface area contributed by atoms with Crippen molar-refractivity contribution in [2.45, 2.75) is 6.92 Å². The third-order valence-electron chi connectivity index (χ3n) is 4.07. The minimum Gasteiger partial charge on any atom is -0.493 e. The number of hydrogen-bond acceptors (Lipinski definition) is 6.